The molecule has 0 unspecified atom stereocenters. The van der Waals surface area contributed by atoms with E-state index in [0.717, 1.165) is 43.9 Å². The number of rotatable bonds is 7. The fourth-order valence-electron chi connectivity index (χ4n) is 4.76. The predicted octanol–water partition coefficient (Wildman–Crippen LogP) is 5.34. The third kappa shape index (κ3) is 4.85. The van der Waals surface area contributed by atoms with Crippen LogP contribution in [0.5, 0.6) is 0 Å². The Balaban J connectivity index is 1.29. The second-order valence-corrected chi connectivity index (χ2v) is 10.6. The summed E-state index contributed by atoms with van der Waals surface area (Å²) in [6, 6.07) is 22.8. The number of thiazole rings is 1. The molecule has 0 bridgehead atoms. The largest absolute Gasteiger partial charge is 0.341 e. The predicted molar refractivity (Wildman–Crippen MR) is 153 cm³/mol. The Morgan fingerprint density at radius 2 is 1.62 bits per heavy atom. The number of aryl methyl sites for hydroxylation is 2. The van der Waals surface area contributed by atoms with Crippen molar-refractivity contribution >= 4 is 22.8 Å². The summed E-state index contributed by atoms with van der Waals surface area (Å²) in [5.74, 6) is -0.259. The number of carbonyl (C=O) groups is 1. The van der Waals surface area contributed by atoms with Gasteiger partial charge in [-0.2, -0.15) is 10.2 Å². The minimum atomic E-state index is -0.424. The molecule has 39 heavy (non-hydrogen) atoms. The van der Waals surface area contributed by atoms with Crippen molar-refractivity contribution in [1.82, 2.24) is 29.7 Å². The van der Waals surface area contributed by atoms with Crippen LogP contribution in [0.2, 0.25) is 0 Å². The summed E-state index contributed by atoms with van der Waals surface area (Å²) < 4.78 is 3.61. The van der Waals surface area contributed by atoms with Gasteiger partial charge in [-0.15, -0.1) is 11.3 Å². The molecule has 0 aliphatic rings. The maximum Gasteiger partial charge on any atom is 0.280 e. The minimum Gasteiger partial charge on any atom is -0.341 e. The Hall–Kier alpha value is -4.60. The first-order valence-electron chi connectivity index (χ1n) is 12.6. The SMILES string of the molecule is Cc1sc(C(=O)N[C@@H](c2ccccc2)[C@@H](N)c2ccccc2)nc1-c1cnn2cc(-c3cnn(C)c3)ccc12. The smallest absolute Gasteiger partial charge is 0.280 e. The molecule has 0 saturated heterocycles. The van der Waals surface area contributed by atoms with Crippen LogP contribution in [0.3, 0.4) is 0 Å². The maximum atomic E-state index is 13.5. The highest BCUT2D eigenvalue weighted by molar-refractivity contribution is 7.14. The summed E-state index contributed by atoms with van der Waals surface area (Å²) in [5, 5.41) is 12.4. The molecule has 2 aromatic carbocycles. The first-order valence-corrected chi connectivity index (χ1v) is 13.4. The topological polar surface area (TPSA) is 103 Å². The Bertz CT molecular complexity index is 1750. The normalized spacial score (nSPS) is 12.9. The molecule has 194 valence electrons. The minimum absolute atomic E-state index is 0.259. The van der Waals surface area contributed by atoms with Crippen LogP contribution >= 0.6 is 11.3 Å². The van der Waals surface area contributed by atoms with Crippen LogP contribution in [0.1, 0.15) is 37.9 Å². The molecule has 4 aromatic heterocycles. The summed E-state index contributed by atoms with van der Waals surface area (Å²) in [5.41, 5.74) is 13.1. The van der Waals surface area contributed by atoms with Gasteiger partial charge in [0, 0.05) is 41.0 Å². The van der Waals surface area contributed by atoms with Crippen LogP contribution in [0.25, 0.3) is 27.9 Å². The molecule has 9 heteroatoms. The van der Waals surface area contributed by atoms with E-state index in [4.69, 9.17) is 10.7 Å². The van der Waals surface area contributed by atoms with E-state index in [1.807, 2.05) is 110 Å². The summed E-state index contributed by atoms with van der Waals surface area (Å²) in [7, 11) is 1.89. The van der Waals surface area contributed by atoms with Crippen molar-refractivity contribution in [3.63, 3.8) is 0 Å². The molecule has 0 spiro atoms. The molecule has 0 aliphatic carbocycles. The van der Waals surface area contributed by atoms with E-state index >= 15 is 0 Å². The number of pyridine rings is 1. The molecule has 8 nitrogen and oxygen atoms in total. The van der Waals surface area contributed by atoms with Gasteiger partial charge in [-0.3, -0.25) is 9.48 Å². The zero-order valence-corrected chi connectivity index (χ0v) is 22.3. The van der Waals surface area contributed by atoms with Crippen LogP contribution in [0.15, 0.2) is 97.6 Å². The third-order valence-electron chi connectivity index (χ3n) is 6.79. The highest BCUT2D eigenvalue weighted by Gasteiger charge is 2.26. The fourth-order valence-corrected chi connectivity index (χ4v) is 5.59. The molecular formula is C30H27N7OS. The van der Waals surface area contributed by atoms with Gasteiger partial charge in [0.1, 0.15) is 0 Å². The van der Waals surface area contributed by atoms with Crippen LogP contribution in [0.4, 0.5) is 0 Å². The van der Waals surface area contributed by atoms with Crippen molar-refractivity contribution in [2.45, 2.75) is 19.0 Å². The average Bonchev–Trinajstić information content (AvgIpc) is 3.69. The average molecular weight is 534 g/mol. The Labute approximate surface area is 229 Å². The number of nitrogens with zero attached hydrogens (tertiary/aromatic N) is 5. The number of aromatic nitrogens is 5. The van der Waals surface area contributed by atoms with Gasteiger partial charge in [0.2, 0.25) is 0 Å². The van der Waals surface area contributed by atoms with Crippen molar-refractivity contribution in [2.75, 3.05) is 0 Å². The third-order valence-corrected chi connectivity index (χ3v) is 7.76. The lowest BCUT2D eigenvalue weighted by molar-refractivity contribution is 0.0930. The van der Waals surface area contributed by atoms with Crippen LogP contribution in [-0.2, 0) is 7.05 Å². The number of carbonyl (C=O) groups excluding carboxylic acids is 1. The van der Waals surface area contributed by atoms with Gasteiger partial charge in [-0.05, 0) is 24.1 Å². The first kappa shape index (κ1) is 24.7. The Morgan fingerprint density at radius 1 is 0.897 bits per heavy atom. The zero-order chi connectivity index (χ0) is 26.9. The van der Waals surface area contributed by atoms with E-state index in [1.54, 1.807) is 10.9 Å². The highest BCUT2D eigenvalue weighted by atomic mass is 32.1. The molecule has 3 N–H and O–H groups in total. The molecule has 2 atom stereocenters. The molecule has 6 aromatic rings. The molecule has 4 heterocycles. The number of fused-ring (bicyclic) bond motifs is 1. The Morgan fingerprint density at radius 3 is 2.31 bits per heavy atom. The second-order valence-electron chi connectivity index (χ2n) is 9.43. The van der Waals surface area contributed by atoms with Gasteiger partial charge in [-0.1, -0.05) is 66.7 Å². The van der Waals surface area contributed by atoms with Gasteiger partial charge in [0.25, 0.3) is 5.91 Å². The lowest BCUT2D eigenvalue weighted by Gasteiger charge is -2.25. The summed E-state index contributed by atoms with van der Waals surface area (Å²) in [6.07, 6.45) is 7.56. The number of hydrogen-bond donors (Lipinski definition) is 2. The maximum absolute atomic E-state index is 13.5. The van der Waals surface area contributed by atoms with Gasteiger partial charge in [-0.25, -0.2) is 9.50 Å². The van der Waals surface area contributed by atoms with E-state index in [-0.39, 0.29) is 5.91 Å². The van der Waals surface area contributed by atoms with Gasteiger partial charge in [0.05, 0.1) is 35.7 Å². The fraction of sp³-hybridized carbons (Fsp3) is 0.133. The van der Waals surface area contributed by atoms with E-state index in [9.17, 15) is 4.79 Å². The van der Waals surface area contributed by atoms with Gasteiger partial charge >= 0.3 is 0 Å². The van der Waals surface area contributed by atoms with Gasteiger partial charge < -0.3 is 11.1 Å². The number of nitrogens with two attached hydrogens (primary N) is 1. The first-order chi connectivity index (χ1) is 19.0. The van der Waals surface area contributed by atoms with E-state index in [1.165, 1.54) is 11.3 Å². The second kappa shape index (κ2) is 10.3. The monoisotopic (exact) mass is 533 g/mol. The van der Waals surface area contributed by atoms with Gasteiger partial charge in [0.15, 0.2) is 5.01 Å². The van der Waals surface area contributed by atoms with Crippen molar-refractivity contribution < 1.29 is 4.79 Å². The summed E-state index contributed by atoms with van der Waals surface area (Å²) in [6.45, 7) is 1.97. The van der Waals surface area contributed by atoms with E-state index in [2.05, 4.69) is 15.5 Å². The highest BCUT2D eigenvalue weighted by Crippen LogP contribution is 2.33. The van der Waals surface area contributed by atoms with Crippen LogP contribution in [0, 0.1) is 6.92 Å². The van der Waals surface area contributed by atoms with Crippen LogP contribution < -0.4 is 11.1 Å². The Kier molecular flexibility index (Phi) is 6.52. The summed E-state index contributed by atoms with van der Waals surface area (Å²) in [4.78, 5) is 19.2. The summed E-state index contributed by atoms with van der Waals surface area (Å²) >= 11 is 1.36. The molecule has 1 amide bonds. The molecule has 0 aliphatic heterocycles. The molecule has 0 saturated carbocycles. The molecule has 0 radical (unpaired) electrons. The van der Waals surface area contributed by atoms with E-state index in [0.29, 0.717) is 5.01 Å². The number of benzene rings is 2. The van der Waals surface area contributed by atoms with Crippen molar-refractivity contribution in [2.24, 2.45) is 12.8 Å². The lowest BCUT2D eigenvalue weighted by Crippen LogP contribution is -2.36. The molecular weight excluding hydrogens is 506 g/mol. The quantitative estimate of drug-likeness (QED) is 0.288. The van der Waals surface area contributed by atoms with E-state index < -0.39 is 12.1 Å². The van der Waals surface area contributed by atoms with Crippen LogP contribution in [-0.4, -0.2) is 30.3 Å². The number of amides is 1. The molecule has 0 fully saturated rings. The number of nitrogens with one attached hydrogen (secondary N) is 1. The number of hydrogen-bond acceptors (Lipinski definition) is 6. The standard InChI is InChI=1S/C30H27N7OS/c1-19-27(24-16-33-37-18-22(13-14-25(24)37)23-15-32-36(2)17-23)35-30(39-19)29(38)34-28(21-11-7-4-8-12-21)26(31)20-9-5-3-6-10-20/h3-18,26,28H,31H2,1-2H3,(H,34,38)/t26-,28-/m0/s1. The lowest BCUT2D eigenvalue weighted by atomic mass is 9.94. The van der Waals surface area contributed by atoms with Crippen molar-refractivity contribution in [3.05, 3.63) is 119 Å². The molecule has 6 rings (SSSR count). The zero-order valence-electron chi connectivity index (χ0n) is 21.5. The van der Waals surface area contributed by atoms with Crippen molar-refractivity contribution in [1.29, 1.82) is 0 Å². The van der Waals surface area contributed by atoms with Crippen molar-refractivity contribution in [3.8, 4) is 22.4 Å².